The third-order valence-corrected chi connectivity index (χ3v) is 6.38. The minimum absolute atomic E-state index is 0.173. The molecule has 1 amide bonds. The number of amides is 1. The second-order valence-corrected chi connectivity index (χ2v) is 8.40. The fourth-order valence-corrected chi connectivity index (χ4v) is 4.72. The molecule has 0 bridgehead atoms. The number of aromatic nitrogens is 2. The molecule has 5 aromatic rings. The minimum Gasteiger partial charge on any atom is -0.467 e. The van der Waals surface area contributed by atoms with Gasteiger partial charge in [0.05, 0.1) is 18.1 Å². The van der Waals surface area contributed by atoms with Gasteiger partial charge in [0, 0.05) is 11.8 Å². The number of furan rings is 2. The molecule has 4 aromatic heterocycles. The lowest BCUT2D eigenvalue weighted by Gasteiger charge is -2.20. The molecule has 158 valence electrons. The van der Waals surface area contributed by atoms with E-state index < -0.39 is 6.04 Å². The van der Waals surface area contributed by atoms with Gasteiger partial charge in [-0.1, -0.05) is 18.2 Å². The Bertz CT molecular complexity index is 1510. The van der Waals surface area contributed by atoms with Gasteiger partial charge in [-0.2, -0.15) is 5.10 Å². The van der Waals surface area contributed by atoms with Gasteiger partial charge >= 0.3 is 0 Å². The predicted molar refractivity (Wildman–Crippen MR) is 120 cm³/mol. The summed E-state index contributed by atoms with van der Waals surface area (Å²) in [4.78, 5) is 30.3. The first-order chi connectivity index (χ1) is 15.7. The van der Waals surface area contributed by atoms with Gasteiger partial charge in [0.25, 0.3) is 11.5 Å². The van der Waals surface area contributed by atoms with Gasteiger partial charge in [0.1, 0.15) is 34.3 Å². The normalized spacial score (nSPS) is 16.2. The molecule has 8 nitrogen and oxygen atoms in total. The van der Waals surface area contributed by atoms with Gasteiger partial charge in [-0.25, -0.2) is 9.99 Å². The van der Waals surface area contributed by atoms with Crippen molar-refractivity contribution in [3.8, 4) is 0 Å². The van der Waals surface area contributed by atoms with Crippen LogP contribution >= 0.6 is 11.3 Å². The van der Waals surface area contributed by atoms with E-state index in [0.717, 1.165) is 11.0 Å². The van der Waals surface area contributed by atoms with E-state index in [-0.39, 0.29) is 18.0 Å². The highest BCUT2D eigenvalue weighted by Gasteiger charge is 2.36. The van der Waals surface area contributed by atoms with Crippen LogP contribution in [0.4, 0.5) is 0 Å². The van der Waals surface area contributed by atoms with E-state index in [4.69, 9.17) is 8.83 Å². The maximum absolute atomic E-state index is 13.3. The van der Waals surface area contributed by atoms with Crippen molar-refractivity contribution in [1.82, 2.24) is 14.6 Å². The van der Waals surface area contributed by atoms with Gasteiger partial charge in [-0.3, -0.25) is 14.2 Å². The third kappa shape index (κ3) is 3.05. The zero-order valence-electron chi connectivity index (χ0n) is 16.7. The summed E-state index contributed by atoms with van der Waals surface area (Å²) in [7, 11) is 0. The highest BCUT2D eigenvalue weighted by molar-refractivity contribution is 7.17. The van der Waals surface area contributed by atoms with E-state index in [1.54, 1.807) is 18.4 Å². The Balaban J connectivity index is 1.36. The quantitative estimate of drug-likeness (QED) is 0.415. The summed E-state index contributed by atoms with van der Waals surface area (Å²) in [5, 5.41) is 8.74. The number of nitrogens with zero attached hydrogens (tertiary/aromatic N) is 4. The van der Waals surface area contributed by atoms with Crippen LogP contribution in [0.25, 0.3) is 21.2 Å². The van der Waals surface area contributed by atoms with Gasteiger partial charge < -0.3 is 8.83 Å². The summed E-state index contributed by atoms with van der Waals surface area (Å²) in [6, 6.07) is 14.6. The summed E-state index contributed by atoms with van der Waals surface area (Å²) in [5.74, 6) is 0.890. The molecule has 0 N–H and O–H groups in total. The monoisotopic (exact) mass is 444 g/mol. The van der Waals surface area contributed by atoms with E-state index >= 15 is 0 Å². The smallest absolute Gasteiger partial charge is 0.271 e. The van der Waals surface area contributed by atoms with Crippen LogP contribution in [-0.2, 0) is 11.3 Å². The number of para-hydroxylation sites is 1. The first-order valence-corrected chi connectivity index (χ1v) is 10.9. The fraction of sp³-hybridized carbons (Fsp3) is 0.130. The number of carbonyl (C=O) groups is 1. The lowest BCUT2D eigenvalue weighted by Crippen LogP contribution is -2.33. The van der Waals surface area contributed by atoms with Crippen molar-refractivity contribution in [2.75, 3.05) is 0 Å². The van der Waals surface area contributed by atoms with Crippen LogP contribution in [0.5, 0.6) is 0 Å². The van der Waals surface area contributed by atoms with Crippen molar-refractivity contribution in [2.45, 2.75) is 19.0 Å². The van der Waals surface area contributed by atoms with E-state index in [1.165, 1.54) is 27.2 Å². The number of fused-ring (bicyclic) bond motifs is 2. The number of hydrogen-bond donors (Lipinski definition) is 0. The molecule has 0 saturated heterocycles. The maximum atomic E-state index is 13.3. The second kappa shape index (κ2) is 7.31. The lowest BCUT2D eigenvalue weighted by atomic mass is 10.1. The molecule has 32 heavy (non-hydrogen) atoms. The van der Waals surface area contributed by atoms with Crippen molar-refractivity contribution in [3.63, 3.8) is 0 Å². The molecule has 0 fully saturated rings. The third-order valence-electron chi connectivity index (χ3n) is 5.49. The summed E-state index contributed by atoms with van der Waals surface area (Å²) < 4.78 is 13.4. The van der Waals surface area contributed by atoms with Crippen LogP contribution in [-0.4, -0.2) is 26.2 Å². The Morgan fingerprint density at radius 1 is 1.19 bits per heavy atom. The van der Waals surface area contributed by atoms with Crippen molar-refractivity contribution in [2.24, 2.45) is 5.10 Å². The van der Waals surface area contributed by atoms with Crippen molar-refractivity contribution < 1.29 is 13.6 Å². The average Bonchev–Trinajstić information content (AvgIpc) is 3.60. The number of carbonyl (C=O) groups excluding carboxylic acids is 1. The van der Waals surface area contributed by atoms with Gasteiger partial charge in [-0.15, -0.1) is 11.3 Å². The standard InChI is InChI=1S/C23H16N4O4S/c28-21(12-26-13-24-15-7-9-32-22(15)23(26)29)27-17(19-6-3-8-30-19)11-16(25-27)20-10-14-4-1-2-5-18(14)31-20/h1-10,13,17H,11-12H2/t17-/m1/s1. The Hall–Kier alpha value is -3.98. The van der Waals surface area contributed by atoms with Crippen LogP contribution in [0.1, 0.15) is 24.0 Å². The molecular formula is C23H16N4O4S. The molecule has 1 aliphatic rings. The summed E-state index contributed by atoms with van der Waals surface area (Å²) >= 11 is 1.31. The Morgan fingerprint density at radius 2 is 2.09 bits per heavy atom. The number of hydrazone groups is 1. The van der Waals surface area contributed by atoms with E-state index in [2.05, 4.69) is 10.1 Å². The highest BCUT2D eigenvalue weighted by Crippen LogP contribution is 2.34. The Labute approximate surface area is 185 Å². The summed E-state index contributed by atoms with van der Waals surface area (Å²) in [6.07, 6.45) is 3.41. The number of benzene rings is 1. The molecular weight excluding hydrogens is 428 g/mol. The van der Waals surface area contributed by atoms with Crippen molar-refractivity contribution in [1.29, 1.82) is 0 Å². The Morgan fingerprint density at radius 3 is 2.94 bits per heavy atom. The fourth-order valence-electron chi connectivity index (χ4n) is 3.93. The molecule has 1 aliphatic heterocycles. The Kier molecular flexibility index (Phi) is 4.29. The van der Waals surface area contributed by atoms with E-state index in [1.807, 2.05) is 41.8 Å². The molecule has 1 atom stereocenters. The van der Waals surface area contributed by atoms with Crippen LogP contribution in [0.2, 0.25) is 0 Å². The first-order valence-electron chi connectivity index (χ1n) is 10.0. The SMILES string of the molecule is O=C(Cn1cnc2ccsc2c1=O)N1N=C(c2cc3ccccc3o2)C[C@@H]1c1ccco1. The van der Waals surface area contributed by atoms with Crippen LogP contribution in [0.3, 0.4) is 0 Å². The van der Waals surface area contributed by atoms with Crippen LogP contribution in [0.15, 0.2) is 85.2 Å². The van der Waals surface area contributed by atoms with E-state index in [0.29, 0.717) is 33.9 Å². The summed E-state index contributed by atoms with van der Waals surface area (Å²) in [6.45, 7) is -0.173. The number of rotatable bonds is 4. The number of thiophene rings is 1. The van der Waals surface area contributed by atoms with Crippen LogP contribution in [0, 0.1) is 0 Å². The molecule has 1 aromatic carbocycles. The molecule has 0 saturated carbocycles. The molecule has 6 rings (SSSR count). The van der Waals surface area contributed by atoms with Crippen LogP contribution < -0.4 is 5.56 Å². The molecule has 5 heterocycles. The number of hydrogen-bond acceptors (Lipinski definition) is 7. The van der Waals surface area contributed by atoms with Crippen molar-refractivity contribution in [3.05, 3.63) is 88.4 Å². The molecule has 0 unspecified atom stereocenters. The van der Waals surface area contributed by atoms with Gasteiger partial charge in [-0.05, 0) is 35.7 Å². The largest absolute Gasteiger partial charge is 0.467 e. The second-order valence-electron chi connectivity index (χ2n) is 7.48. The average molecular weight is 444 g/mol. The zero-order chi connectivity index (χ0) is 21.7. The maximum Gasteiger partial charge on any atom is 0.271 e. The molecule has 0 aliphatic carbocycles. The zero-order valence-corrected chi connectivity index (χ0v) is 17.5. The topological polar surface area (TPSA) is 93.8 Å². The lowest BCUT2D eigenvalue weighted by molar-refractivity contribution is -0.134. The van der Waals surface area contributed by atoms with Crippen molar-refractivity contribution >= 4 is 44.1 Å². The minimum atomic E-state index is -0.421. The van der Waals surface area contributed by atoms with Gasteiger partial charge in [0.15, 0.2) is 5.76 Å². The highest BCUT2D eigenvalue weighted by atomic mass is 32.1. The predicted octanol–water partition coefficient (Wildman–Crippen LogP) is 4.18. The summed E-state index contributed by atoms with van der Waals surface area (Å²) in [5.41, 5.74) is 1.79. The first kappa shape index (κ1) is 18.8. The van der Waals surface area contributed by atoms with E-state index in [9.17, 15) is 9.59 Å². The molecule has 0 spiro atoms. The van der Waals surface area contributed by atoms with Gasteiger partial charge in [0.2, 0.25) is 0 Å². The molecule has 0 radical (unpaired) electrons. The molecule has 9 heteroatoms.